The number of likely N-dealkylation sites (tertiary alicyclic amines) is 1. The highest BCUT2D eigenvalue weighted by Gasteiger charge is 2.45. The van der Waals surface area contributed by atoms with Gasteiger partial charge in [0, 0.05) is 25.1 Å². The van der Waals surface area contributed by atoms with Gasteiger partial charge in [0.25, 0.3) is 0 Å². The molecular formula is C24H31BrFN5O4. The van der Waals surface area contributed by atoms with Gasteiger partial charge in [-0.2, -0.15) is 0 Å². The monoisotopic (exact) mass is 551 g/mol. The largest absolute Gasteiger partial charge is 0.394 e. The number of β-amino-alcohol motifs (C(OH)–C–C–N with tert-alkyl or cyclic N) is 1. The summed E-state index contributed by atoms with van der Waals surface area (Å²) in [4.78, 5) is 28.4. The molecule has 0 spiro atoms. The Balaban J connectivity index is 1.55. The van der Waals surface area contributed by atoms with Gasteiger partial charge in [0.15, 0.2) is 0 Å². The number of carbonyl (C=O) groups excluding carboxylic acids is 2. The Morgan fingerprint density at radius 3 is 2.63 bits per heavy atom. The van der Waals surface area contributed by atoms with Crippen molar-refractivity contribution in [2.45, 2.75) is 70.2 Å². The first-order chi connectivity index (χ1) is 16.5. The smallest absolute Gasteiger partial charge is 0.248 e. The molecule has 1 saturated carbocycles. The molecule has 1 saturated heterocycles. The average Bonchev–Trinajstić information content (AvgIpc) is 3.40. The third-order valence-corrected chi connectivity index (χ3v) is 7.20. The molecule has 4 rings (SSSR count). The highest BCUT2D eigenvalue weighted by atomic mass is 79.9. The zero-order valence-electron chi connectivity index (χ0n) is 20.0. The van der Waals surface area contributed by atoms with Crippen LogP contribution in [0.3, 0.4) is 0 Å². The Bertz CT molecular complexity index is 1100. The molecule has 1 unspecified atom stereocenters. The number of aliphatic hydroxyl groups is 2. The van der Waals surface area contributed by atoms with E-state index in [4.69, 9.17) is 0 Å². The van der Waals surface area contributed by atoms with Gasteiger partial charge in [-0.1, -0.05) is 32.1 Å². The minimum atomic E-state index is -0.942. The molecule has 2 fully saturated rings. The van der Waals surface area contributed by atoms with Crippen molar-refractivity contribution in [3.05, 3.63) is 45.9 Å². The number of rotatable bonds is 7. The number of halogens is 2. The molecule has 1 aromatic carbocycles. The van der Waals surface area contributed by atoms with Crippen LogP contribution in [0.25, 0.3) is 0 Å². The molecule has 0 bridgehead atoms. The van der Waals surface area contributed by atoms with Crippen LogP contribution in [0.15, 0.2) is 28.9 Å². The molecule has 2 amide bonds. The minimum Gasteiger partial charge on any atom is -0.394 e. The molecule has 0 radical (unpaired) electrons. The van der Waals surface area contributed by atoms with Crippen molar-refractivity contribution in [1.82, 2.24) is 25.2 Å². The molecule has 4 atom stereocenters. The van der Waals surface area contributed by atoms with E-state index in [1.54, 1.807) is 16.9 Å². The Morgan fingerprint density at radius 1 is 1.31 bits per heavy atom. The number of aliphatic hydroxyl groups excluding tert-OH is 2. The van der Waals surface area contributed by atoms with Crippen LogP contribution in [0.5, 0.6) is 0 Å². The van der Waals surface area contributed by atoms with Crippen LogP contribution >= 0.6 is 15.9 Å². The molecule has 1 aliphatic carbocycles. The minimum absolute atomic E-state index is 0.00435. The molecule has 2 aliphatic rings. The lowest BCUT2D eigenvalue weighted by Gasteiger charge is -2.35. The quantitative estimate of drug-likeness (QED) is 0.486. The zero-order valence-corrected chi connectivity index (χ0v) is 21.6. The van der Waals surface area contributed by atoms with E-state index in [-0.39, 0.29) is 23.3 Å². The van der Waals surface area contributed by atoms with Crippen molar-refractivity contribution in [3.63, 3.8) is 0 Å². The van der Waals surface area contributed by atoms with Gasteiger partial charge in [0.2, 0.25) is 11.8 Å². The zero-order chi connectivity index (χ0) is 25.5. The number of aromatic nitrogens is 3. The van der Waals surface area contributed by atoms with Gasteiger partial charge < -0.3 is 20.4 Å². The van der Waals surface area contributed by atoms with Crippen molar-refractivity contribution < 1.29 is 24.2 Å². The van der Waals surface area contributed by atoms with E-state index >= 15 is 0 Å². The first-order valence-electron chi connectivity index (χ1n) is 11.8. The van der Waals surface area contributed by atoms with E-state index in [1.165, 1.54) is 17.0 Å². The Hall–Kier alpha value is -2.37. The summed E-state index contributed by atoms with van der Waals surface area (Å²) in [6, 6.07) is 1.79. The number of amides is 2. The van der Waals surface area contributed by atoms with Crippen LogP contribution in [-0.4, -0.2) is 67.2 Å². The van der Waals surface area contributed by atoms with E-state index in [9.17, 15) is 24.2 Å². The lowest BCUT2D eigenvalue weighted by Crippen LogP contribution is -2.51. The van der Waals surface area contributed by atoms with Crippen LogP contribution < -0.4 is 5.32 Å². The number of hydrogen-bond donors (Lipinski definition) is 3. The first-order valence-corrected chi connectivity index (χ1v) is 12.5. The van der Waals surface area contributed by atoms with Gasteiger partial charge in [0.1, 0.15) is 17.9 Å². The van der Waals surface area contributed by atoms with Crippen molar-refractivity contribution in [2.24, 2.45) is 5.41 Å². The van der Waals surface area contributed by atoms with Crippen LogP contribution in [-0.2, 0) is 9.59 Å². The third kappa shape index (κ3) is 5.57. The van der Waals surface area contributed by atoms with Crippen LogP contribution in [0, 0.1) is 11.2 Å². The molecule has 35 heavy (non-hydrogen) atoms. The lowest BCUT2D eigenvalue weighted by atomic mass is 9.85. The van der Waals surface area contributed by atoms with Crippen LogP contribution in [0.2, 0.25) is 0 Å². The fourth-order valence-electron chi connectivity index (χ4n) is 4.56. The average molecular weight is 552 g/mol. The molecule has 1 aliphatic heterocycles. The maximum atomic E-state index is 14.0. The summed E-state index contributed by atoms with van der Waals surface area (Å²) in [5.41, 5.74) is 0.707. The van der Waals surface area contributed by atoms with E-state index in [1.807, 2.05) is 20.8 Å². The summed E-state index contributed by atoms with van der Waals surface area (Å²) in [5.74, 6) is -1.00. The van der Waals surface area contributed by atoms with E-state index in [2.05, 4.69) is 31.6 Å². The number of hydrogen-bond acceptors (Lipinski definition) is 6. The second-order valence-corrected chi connectivity index (χ2v) is 11.3. The molecule has 11 heteroatoms. The van der Waals surface area contributed by atoms with Gasteiger partial charge >= 0.3 is 0 Å². The van der Waals surface area contributed by atoms with Gasteiger partial charge in [-0.3, -0.25) is 9.59 Å². The van der Waals surface area contributed by atoms with E-state index < -0.39 is 48.0 Å². The van der Waals surface area contributed by atoms with Crippen LogP contribution in [0.1, 0.15) is 69.3 Å². The second kappa shape index (κ2) is 9.94. The molecule has 3 N–H and O–H groups in total. The third-order valence-electron chi connectivity index (χ3n) is 6.55. The standard InChI is InChI=1S/C24H31BrFN5O4/c1-24(2,3)21(31-11-18(28-29-31)13-4-5-13)23(35)30-10-15(33)9-20(30)22(34)27-19(12-32)14-6-7-16(25)17(26)8-14/h6-8,11,13,15,19-21,32-33H,4-5,9-10,12H2,1-3H3,(H,27,34)/t15-,19?,20+,21-/m1/s1. The predicted octanol–water partition coefficient (Wildman–Crippen LogP) is 2.46. The molecule has 190 valence electrons. The molecular weight excluding hydrogens is 521 g/mol. The number of benzene rings is 1. The Kier molecular flexibility index (Phi) is 7.31. The van der Waals surface area contributed by atoms with Crippen molar-refractivity contribution in [1.29, 1.82) is 0 Å². The molecule has 2 heterocycles. The summed E-state index contributed by atoms with van der Waals surface area (Å²) in [7, 11) is 0. The number of nitrogens with zero attached hydrogens (tertiary/aromatic N) is 4. The van der Waals surface area contributed by atoms with Gasteiger partial charge in [-0.15, -0.1) is 5.10 Å². The van der Waals surface area contributed by atoms with Crippen LogP contribution in [0.4, 0.5) is 4.39 Å². The van der Waals surface area contributed by atoms with E-state index in [0.29, 0.717) is 11.5 Å². The second-order valence-electron chi connectivity index (χ2n) is 10.5. The summed E-state index contributed by atoms with van der Waals surface area (Å²) in [6.45, 7) is 5.30. The van der Waals surface area contributed by atoms with Crippen molar-refractivity contribution >= 4 is 27.7 Å². The summed E-state index contributed by atoms with van der Waals surface area (Å²) in [6.07, 6.45) is 3.11. The topological polar surface area (TPSA) is 121 Å². The number of nitrogens with one attached hydrogen (secondary N) is 1. The molecule has 1 aromatic heterocycles. The summed E-state index contributed by atoms with van der Waals surface area (Å²) < 4.78 is 15.8. The Morgan fingerprint density at radius 2 is 2.03 bits per heavy atom. The predicted molar refractivity (Wildman–Crippen MR) is 129 cm³/mol. The Labute approximate surface area is 211 Å². The summed E-state index contributed by atoms with van der Waals surface area (Å²) in [5, 5.41) is 31.4. The summed E-state index contributed by atoms with van der Waals surface area (Å²) >= 11 is 3.09. The highest BCUT2D eigenvalue weighted by molar-refractivity contribution is 9.10. The van der Waals surface area contributed by atoms with Gasteiger partial charge in [-0.25, -0.2) is 9.07 Å². The maximum Gasteiger partial charge on any atom is 0.248 e. The first kappa shape index (κ1) is 25.7. The fraction of sp³-hybridized carbons (Fsp3) is 0.583. The molecule has 2 aromatic rings. The van der Waals surface area contributed by atoms with Gasteiger partial charge in [0.05, 0.1) is 28.9 Å². The van der Waals surface area contributed by atoms with Crippen molar-refractivity contribution in [2.75, 3.05) is 13.2 Å². The normalized spacial score (nSPS) is 22.2. The SMILES string of the molecule is CC(C)(C)[C@@H](C(=O)N1C[C@H](O)C[C@H]1C(=O)NC(CO)c1ccc(Br)c(F)c1)n1cc(C2CC2)nn1. The van der Waals surface area contributed by atoms with E-state index in [0.717, 1.165) is 18.5 Å². The van der Waals surface area contributed by atoms with Gasteiger partial charge in [-0.05, 0) is 51.9 Å². The molecule has 9 nitrogen and oxygen atoms in total. The number of carbonyl (C=O) groups is 2. The fourth-order valence-corrected chi connectivity index (χ4v) is 4.80. The maximum absolute atomic E-state index is 14.0. The lowest BCUT2D eigenvalue weighted by molar-refractivity contribution is -0.144. The van der Waals surface area contributed by atoms with Crippen molar-refractivity contribution in [3.8, 4) is 0 Å². The highest BCUT2D eigenvalue weighted by Crippen LogP contribution is 2.40.